The molecule has 0 atom stereocenters. The molecule has 5 heteroatoms. The normalized spacial score (nSPS) is 17.8. The fourth-order valence-corrected chi connectivity index (χ4v) is 2.26. The highest BCUT2D eigenvalue weighted by Gasteiger charge is 2.12. The van der Waals surface area contributed by atoms with Gasteiger partial charge in [0.1, 0.15) is 0 Å². The van der Waals surface area contributed by atoms with Crippen molar-refractivity contribution in [2.24, 2.45) is 4.99 Å². The molecule has 0 radical (unpaired) electrons. The highest BCUT2D eigenvalue weighted by atomic mass is 32.2. The van der Waals surface area contributed by atoms with Gasteiger partial charge in [0.05, 0.1) is 0 Å². The SMILES string of the molecule is CSC(=NC#N)N(C)CCN1CCCC1. The van der Waals surface area contributed by atoms with E-state index in [0.29, 0.717) is 0 Å². The van der Waals surface area contributed by atoms with Gasteiger partial charge in [0.15, 0.2) is 5.17 Å². The molecule has 1 fully saturated rings. The maximum atomic E-state index is 8.51. The van der Waals surface area contributed by atoms with E-state index in [1.165, 1.54) is 37.7 Å². The second-order valence-electron chi connectivity index (χ2n) is 3.67. The number of amidine groups is 1. The summed E-state index contributed by atoms with van der Waals surface area (Å²) in [5.74, 6) is 0. The smallest absolute Gasteiger partial charge is 0.208 e. The summed E-state index contributed by atoms with van der Waals surface area (Å²) in [6.07, 6.45) is 6.44. The van der Waals surface area contributed by atoms with E-state index in [0.717, 1.165) is 18.3 Å². The Morgan fingerprint density at radius 1 is 1.53 bits per heavy atom. The van der Waals surface area contributed by atoms with Crippen molar-refractivity contribution < 1.29 is 0 Å². The highest BCUT2D eigenvalue weighted by Crippen LogP contribution is 2.08. The first-order valence-corrected chi connectivity index (χ1v) is 6.44. The molecule has 84 valence electrons. The molecule has 1 saturated heterocycles. The third kappa shape index (κ3) is 4.10. The van der Waals surface area contributed by atoms with E-state index in [1.807, 2.05) is 24.4 Å². The van der Waals surface area contributed by atoms with E-state index < -0.39 is 0 Å². The molecular formula is C10H18N4S. The Morgan fingerprint density at radius 3 is 2.73 bits per heavy atom. The lowest BCUT2D eigenvalue weighted by molar-refractivity contribution is 0.309. The Morgan fingerprint density at radius 2 is 2.20 bits per heavy atom. The molecule has 0 saturated carbocycles. The monoisotopic (exact) mass is 226 g/mol. The van der Waals surface area contributed by atoms with Crippen LogP contribution in [0.1, 0.15) is 12.8 Å². The van der Waals surface area contributed by atoms with Crippen LogP contribution in [-0.4, -0.2) is 54.4 Å². The molecule has 0 unspecified atom stereocenters. The fraction of sp³-hybridized carbons (Fsp3) is 0.800. The van der Waals surface area contributed by atoms with Crippen molar-refractivity contribution in [2.75, 3.05) is 39.5 Å². The largest absolute Gasteiger partial charge is 0.352 e. The Labute approximate surface area is 95.9 Å². The molecule has 0 bridgehead atoms. The number of likely N-dealkylation sites (tertiary alicyclic amines) is 1. The predicted molar refractivity (Wildman–Crippen MR) is 64.9 cm³/mol. The van der Waals surface area contributed by atoms with Crippen molar-refractivity contribution in [3.8, 4) is 6.19 Å². The number of thioether (sulfide) groups is 1. The minimum Gasteiger partial charge on any atom is -0.352 e. The molecular weight excluding hydrogens is 208 g/mol. The number of hydrogen-bond donors (Lipinski definition) is 0. The van der Waals surface area contributed by atoms with Gasteiger partial charge in [-0.1, -0.05) is 11.8 Å². The van der Waals surface area contributed by atoms with Gasteiger partial charge in [0.25, 0.3) is 0 Å². The first-order chi connectivity index (χ1) is 7.27. The Kier molecular flexibility index (Phi) is 5.51. The summed E-state index contributed by atoms with van der Waals surface area (Å²) in [6.45, 7) is 4.46. The van der Waals surface area contributed by atoms with Crippen LogP contribution in [0.2, 0.25) is 0 Å². The van der Waals surface area contributed by atoms with Gasteiger partial charge in [-0.3, -0.25) is 0 Å². The minimum absolute atomic E-state index is 0.802. The molecule has 1 heterocycles. The molecule has 0 spiro atoms. The van der Waals surface area contributed by atoms with Gasteiger partial charge < -0.3 is 9.80 Å². The van der Waals surface area contributed by atoms with Gasteiger partial charge in [0.2, 0.25) is 6.19 Å². The first-order valence-electron chi connectivity index (χ1n) is 5.22. The lowest BCUT2D eigenvalue weighted by Crippen LogP contribution is -2.33. The zero-order chi connectivity index (χ0) is 11.1. The Bertz CT molecular complexity index is 253. The van der Waals surface area contributed by atoms with Crippen LogP contribution in [0.25, 0.3) is 0 Å². The quantitative estimate of drug-likeness (QED) is 0.412. The average Bonchev–Trinajstić information content (AvgIpc) is 2.75. The van der Waals surface area contributed by atoms with Gasteiger partial charge >= 0.3 is 0 Å². The molecule has 0 aromatic rings. The van der Waals surface area contributed by atoms with Gasteiger partial charge in [-0.05, 0) is 32.2 Å². The maximum Gasteiger partial charge on any atom is 0.208 e. The van der Waals surface area contributed by atoms with E-state index in [2.05, 4.69) is 9.89 Å². The number of aliphatic imine (C=N–C) groups is 1. The molecule has 0 aliphatic carbocycles. The molecule has 1 rings (SSSR count). The summed E-state index contributed by atoms with van der Waals surface area (Å²) < 4.78 is 0. The number of likely N-dealkylation sites (N-methyl/N-ethyl adjacent to an activating group) is 1. The van der Waals surface area contributed by atoms with Crippen molar-refractivity contribution in [3.05, 3.63) is 0 Å². The van der Waals surface area contributed by atoms with Crippen LogP contribution in [0, 0.1) is 11.5 Å². The second-order valence-corrected chi connectivity index (χ2v) is 4.44. The van der Waals surface area contributed by atoms with Gasteiger partial charge in [-0.2, -0.15) is 5.26 Å². The van der Waals surface area contributed by atoms with Crippen molar-refractivity contribution in [1.29, 1.82) is 5.26 Å². The van der Waals surface area contributed by atoms with Crippen molar-refractivity contribution in [1.82, 2.24) is 9.80 Å². The summed E-state index contributed by atoms with van der Waals surface area (Å²) in [6, 6.07) is 0. The lowest BCUT2D eigenvalue weighted by atomic mass is 10.4. The lowest BCUT2D eigenvalue weighted by Gasteiger charge is -2.22. The molecule has 1 aliphatic rings. The average molecular weight is 226 g/mol. The summed E-state index contributed by atoms with van der Waals surface area (Å²) in [5.41, 5.74) is 0. The zero-order valence-electron chi connectivity index (χ0n) is 9.44. The topological polar surface area (TPSA) is 42.6 Å². The van der Waals surface area contributed by atoms with Crippen molar-refractivity contribution in [2.45, 2.75) is 12.8 Å². The first kappa shape index (κ1) is 12.3. The summed E-state index contributed by atoms with van der Waals surface area (Å²) in [4.78, 5) is 8.29. The summed E-state index contributed by atoms with van der Waals surface area (Å²) in [5, 5.41) is 9.31. The Hall–Kier alpha value is -0.730. The van der Waals surface area contributed by atoms with Crippen LogP contribution in [0.5, 0.6) is 0 Å². The van der Waals surface area contributed by atoms with Crippen LogP contribution in [0.4, 0.5) is 0 Å². The molecule has 15 heavy (non-hydrogen) atoms. The van der Waals surface area contributed by atoms with Crippen LogP contribution in [0.15, 0.2) is 4.99 Å². The predicted octanol–water partition coefficient (Wildman–Crippen LogP) is 1.21. The highest BCUT2D eigenvalue weighted by molar-refractivity contribution is 8.13. The van der Waals surface area contributed by atoms with E-state index in [4.69, 9.17) is 5.26 Å². The zero-order valence-corrected chi connectivity index (χ0v) is 10.3. The van der Waals surface area contributed by atoms with Crippen molar-refractivity contribution >= 4 is 16.9 Å². The molecule has 0 aromatic carbocycles. The molecule has 0 N–H and O–H groups in total. The standard InChI is InChI=1S/C10H18N4S/c1-13(10(15-2)12-9-11)7-8-14-5-3-4-6-14/h3-8H2,1-2H3. The third-order valence-electron chi connectivity index (χ3n) is 2.61. The minimum atomic E-state index is 0.802. The summed E-state index contributed by atoms with van der Waals surface area (Å²) >= 11 is 1.52. The van der Waals surface area contributed by atoms with Crippen LogP contribution >= 0.6 is 11.8 Å². The summed E-state index contributed by atoms with van der Waals surface area (Å²) in [7, 11) is 1.99. The van der Waals surface area contributed by atoms with Gasteiger partial charge in [0, 0.05) is 20.1 Å². The van der Waals surface area contributed by atoms with E-state index >= 15 is 0 Å². The third-order valence-corrected chi connectivity index (χ3v) is 3.37. The number of nitrogens with zero attached hydrogens (tertiary/aromatic N) is 4. The molecule has 1 aliphatic heterocycles. The molecule has 0 aromatic heterocycles. The van der Waals surface area contributed by atoms with E-state index in [-0.39, 0.29) is 0 Å². The molecule has 0 amide bonds. The van der Waals surface area contributed by atoms with Gasteiger partial charge in [-0.15, -0.1) is 4.99 Å². The number of rotatable bonds is 3. The number of nitriles is 1. The molecule has 4 nitrogen and oxygen atoms in total. The van der Waals surface area contributed by atoms with Crippen LogP contribution < -0.4 is 0 Å². The maximum absolute atomic E-state index is 8.51. The second kappa shape index (κ2) is 6.70. The van der Waals surface area contributed by atoms with Crippen LogP contribution in [-0.2, 0) is 0 Å². The van der Waals surface area contributed by atoms with E-state index in [9.17, 15) is 0 Å². The van der Waals surface area contributed by atoms with E-state index in [1.54, 1.807) is 0 Å². The number of hydrogen-bond acceptors (Lipinski definition) is 4. The Balaban J connectivity index is 2.30. The van der Waals surface area contributed by atoms with Crippen molar-refractivity contribution in [3.63, 3.8) is 0 Å². The fourth-order valence-electron chi connectivity index (χ4n) is 1.72. The van der Waals surface area contributed by atoms with Crippen LogP contribution in [0.3, 0.4) is 0 Å². The van der Waals surface area contributed by atoms with Gasteiger partial charge in [-0.25, -0.2) is 0 Å².